The second kappa shape index (κ2) is 4.19. The number of hydrogen-bond donors (Lipinski definition) is 1. The topological polar surface area (TPSA) is 69.6 Å². The van der Waals surface area contributed by atoms with Gasteiger partial charge < -0.3 is 5.73 Å². The van der Waals surface area contributed by atoms with Crippen molar-refractivity contribution in [3.8, 4) is 5.82 Å². The zero-order valence-electron chi connectivity index (χ0n) is 9.96. The van der Waals surface area contributed by atoms with Crippen LogP contribution in [0.3, 0.4) is 0 Å². The largest absolute Gasteiger partial charge is 0.435 e. The lowest BCUT2D eigenvalue weighted by atomic mass is 10.3. The number of hydrogen-bond acceptors (Lipinski definition) is 4. The number of nitrogens with zero attached hydrogens (tertiary/aromatic N) is 4. The van der Waals surface area contributed by atoms with Crippen LogP contribution in [0.15, 0.2) is 36.5 Å². The van der Waals surface area contributed by atoms with Gasteiger partial charge in [-0.3, -0.25) is 0 Å². The minimum atomic E-state index is -4.51. The van der Waals surface area contributed by atoms with Gasteiger partial charge in [0.05, 0.1) is 11.0 Å². The van der Waals surface area contributed by atoms with E-state index in [1.165, 1.54) is 0 Å². The maximum atomic E-state index is 12.5. The van der Waals surface area contributed by atoms with E-state index in [0.29, 0.717) is 11.0 Å². The molecule has 0 saturated carbocycles. The molecule has 0 aliphatic rings. The van der Waals surface area contributed by atoms with Crippen LogP contribution >= 0.6 is 0 Å². The molecule has 1 aromatic carbocycles. The van der Waals surface area contributed by atoms with Gasteiger partial charge in [-0.05, 0) is 18.2 Å². The Labute approximate surface area is 110 Å². The number of benzene rings is 1. The Morgan fingerprint density at radius 1 is 1.00 bits per heavy atom. The molecule has 0 spiro atoms. The van der Waals surface area contributed by atoms with E-state index in [1.807, 2.05) is 0 Å². The van der Waals surface area contributed by atoms with E-state index in [4.69, 9.17) is 5.73 Å². The summed E-state index contributed by atoms with van der Waals surface area (Å²) in [4.78, 5) is 8.28. The first-order valence-electron chi connectivity index (χ1n) is 5.60. The van der Waals surface area contributed by atoms with Crippen LogP contribution in [0.5, 0.6) is 0 Å². The fourth-order valence-electron chi connectivity index (χ4n) is 1.77. The van der Waals surface area contributed by atoms with Crippen molar-refractivity contribution in [1.82, 2.24) is 19.7 Å². The highest BCUT2D eigenvalue weighted by Gasteiger charge is 2.33. The third kappa shape index (κ3) is 2.04. The van der Waals surface area contributed by atoms with Crippen LogP contribution < -0.4 is 5.73 Å². The Bertz CT molecular complexity index is 778. The number of anilines is 1. The molecule has 20 heavy (non-hydrogen) atoms. The Morgan fingerprint density at radius 3 is 2.25 bits per heavy atom. The lowest BCUT2D eigenvalue weighted by molar-refractivity contribution is -0.141. The standard InChI is InChI=1S/C12H8F3N5/c13-12(14,15)9-5-6-20(19-9)11-10(16)17-7-3-1-2-4-8(7)18-11/h1-6H,(H2,16,17). The summed E-state index contributed by atoms with van der Waals surface area (Å²) in [5.41, 5.74) is 5.81. The summed E-state index contributed by atoms with van der Waals surface area (Å²) in [6.45, 7) is 0. The van der Waals surface area contributed by atoms with Gasteiger partial charge in [-0.2, -0.15) is 18.3 Å². The molecule has 0 atom stereocenters. The van der Waals surface area contributed by atoms with E-state index in [2.05, 4.69) is 15.1 Å². The van der Waals surface area contributed by atoms with Crippen LogP contribution in [0.25, 0.3) is 16.9 Å². The van der Waals surface area contributed by atoms with Gasteiger partial charge in [0.2, 0.25) is 0 Å². The number of aromatic nitrogens is 4. The van der Waals surface area contributed by atoms with Gasteiger partial charge >= 0.3 is 6.18 Å². The molecule has 2 N–H and O–H groups in total. The normalized spacial score (nSPS) is 11.9. The molecule has 0 bridgehead atoms. The average molecular weight is 279 g/mol. The summed E-state index contributed by atoms with van der Waals surface area (Å²) in [7, 11) is 0. The highest BCUT2D eigenvalue weighted by atomic mass is 19.4. The van der Waals surface area contributed by atoms with E-state index in [9.17, 15) is 13.2 Å². The summed E-state index contributed by atoms with van der Waals surface area (Å²) in [6.07, 6.45) is -3.36. The maximum absolute atomic E-state index is 12.5. The molecule has 0 radical (unpaired) electrons. The molecular formula is C12H8F3N5. The number of fused-ring (bicyclic) bond motifs is 1. The molecule has 5 nitrogen and oxygen atoms in total. The van der Waals surface area contributed by atoms with Gasteiger partial charge in [0.1, 0.15) is 0 Å². The van der Waals surface area contributed by atoms with Crippen molar-refractivity contribution in [2.75, 3.05) is 5.73 Å². The van der Waals surface area contributed by atoms with E-state index < -0.39 is 11.9 Å². The van der Waals surface area contributed by atoms with Gasteiger partial charge in [-0.15, -0.1) is 0 Å². The molecule has 8 heteroatoms. The van der Waals surface area contributed by atoms with E-state index >= 15 is 0 Å². The Kier molecular flexibility index (Phi) is 2.60. The summed E-state index contributed by atoms with van der Waals surface area (Å²) in [5.74, 6) is 0.0831. The van der Waals surface area contributed by atoms with Crippen molar-refractivity contribution in [2.24, 2.45) is 0 Å². The summed E-state index contributed by atoms with van der Waals surface area (Å²) >= 11 is 0. The maximum Gasteiger partial charge on any atom is 0.435 e. The highest BCUT2D eigenvalue weighted by Crippen LogP contribution is 2.28. The number of halogens is 3. The van der Waals surface area contributed by atoms with Gasteiger partial charge in [-0.1, -0.05) is 12.1 Å². The second-order valence-corrected chi connectivity index (χ2v) is 4.06. The number of para-hydroxylation sites is 2. The van der Waals surface area contributed by atoms with Crippen LogP contribution in [-0.4, -0.2) is 19.7 Å². The van der Waals surface area contributed by atoms with Crippen molar-refractivity contribution in [3.05, 3.63) is 42.2 Å². The number of rotatable bonds is 1. The van der Waals surface area contributed by atoms with E-state index in [0.717, 1.165) is 16.9 Å². The third-order valence-corrected chi connectivity index (χ3v) is 2.67. The smallest absolute Gasteiger partial charge is 0.381 e. The fourth-order valence-corrected chi connectivity index (χ4v) is 1.77. The molecule has 0 amide bonds. The summed E-state index contributed by atoms with van der Waals surface area (Å²) < 4.78 is 38.6. The lowest BCUT2D eigenvalue weighted by Crippen LogP contribution is -2.10. The molecule has 0 unspecified atom stereocenters. The zero-order valence-corrected chi connectivity index (χ0v) is 9.96. The van der Waals surface area contributed by atoms with Crippen molar-refractivity contribution < 1.29 is 13.2 Å². The van der Waals surface area contributed by atoms with Crippen molar-refractivity contribution in [2.45, 2.75) is 6.18 Å². The molecule has 3 aromatic rings. The summed E-state index contributed by atoms with van der Waals surface area (Å²) in [6, 6.07) is 7.79. The zero-order chi connectivity index (χ0) is 14.3. The van der Waals surface area contributed by atoms with Crippen LogP contribution in [-0.2, 0) is 6.18 Å². The summed E-state index contributed by atoms with van der Waals surface area (Å²) in [5, 5.41) is 3.43. The molecular weight excluding hydrogens is 271 g/mol. The molecule has 2 aromatic heterocycles. The lowest BCUT2D eigenvalue weighted by Gasteiger charge is -2.06. The first-order valence-corrected chi connectivity index (χ1v) is 5.60. The van der Waals surface area contributed by atoms with Gasteiger partial charge in [0.15, 0.2) is 17.3 Å². The van der Waals surface area contributed by atoms with Crippen molar-refractivity contribution >= 4 is 16.9 Å². The minimum absolute atomic E-state index is 0.0144. The van der Waals surface area contributed by atoms with Gasteiger partial charge in [0.25, 0.3) is 0 Å². The number of nitrogens with two attached hydrogens (primary N) is 1. The van der Waals surface area contributed by atoms with Gasteiger partial charge in [-0.25, -0.2) is 14.6 Å². The van der Waals surface area contributed by atoms with E-state index in [1.54, 1.807) is 24.3 Å². The molecule has 102 valence electrons. The molecule has 3 rings (SSSR count). The monoisotopic (exact) mass is 279 g/mol. The molecule has 2 heterocycles. The predicted octanol–water partition coefficient (Wildman–Crippen LogP) is 2.42. The first-order chi connectivity index (χ1) is 9.45. The first kappa shape index (κ1) is 12.4. The van der Waals surface area contributed by atoms with Crippen LogP contribution in [0.4, 0.5) is 19.0 Å². The van der Waals surface area contributed by atoms with E-state index in [-0.39, 0.29) is 11.6 Å². The minimum Gasteiger partial charge on any atom is -0.381 e. The van der Waals surface area contributed by atoms with Crippen LogP contribution in [0, 0.1) is 0 Å². The van der Waals surface area contributed by atoms with Crippen molar-refractivity contribution in [1.29, 1.82) is 0 Å². The van der Waals surface area contributed by atoms with Gasteiger partial charge in [0, 0.05) is 6.20 Å². The van der Waals surface area contributed by atoms with Crippen LogP contribution in [0.2, 0.25) is 0 Å². The average Bonchev–Trinajstić information content (AvgIpc) is 2.87. The van der Waals surface area contributed by atoms with Crippen LogP contribution in [0.1, 0.15) is 5.69 Å². The Balaban J connectivity index is 2.14. The fraction of sp³-hybridized carbons (Fsp3) is 0.0833. The number of alkyl halides is 3. The molecule has 0 aliphatic heterocycles. The second-order valence-electron chi connectivity index (χ2n) is 4.06. The quantitative estimate of drug-likeness (QED) is 0.742. The number of nitrogen functional groups attached to an aromatic ring is 1. The molecule has 0 fully saturated rings. The SMILES string of the molecule is Nc1nc2ccccc2nc1-n1ccc(C(F)(F)F)n1. The Hall–Kier alpha value is -2.64. The highest BCUT2D eigenvalue weighted by molar-refractivity contribution is 5.77. The molecule has 0 saturated heterocycles. The predicted molar refractivity (Wildman–Crippen MR) is 66.1 cm³/mol. The third-order valence-electron chi connectivity index (χ3n) is 2.67. The Morgan fingerprint density at radius 2 is 1.65 bits per heavy atom. The molecule has 0 aliphatic carbocycles. The van der Waals surface area contributed by atoms with Crippen molar-refractivity contribution in [3.63, 3.8) is 0 Å².